The molecule has 1 amide bonds. The lowest BCUT2D eigenvalue weighted by Gasteiger charge is -2.20. The molecule has 15 heavy (non-hydrogen) atoms. The molecular formula is C10H17NO4. The molecule has 0 unspecified atom stereocenters. The first kappa shape index (κ1) is 12.0. The Hall–Kier alpha value is -1.10. The van der Waals surface area contributed by atoms with Gasteiger partial charge in [-0.2, -0.15) is 0 Å². The quantitative estimate of drug-likeness (QED) is 0.558. The molecule has 0 aromatic carbocycles. The second kappa shape index (κ2) is 3.81. The second-order valence-corrected chi connectivity index (χ2v) is 4.77. The van der Waals surface area contributed by atoms with E-state index in [1.165, 1.54) is 7.11 Å². The van der Waals surface area contributed by atoms with Gasteiger partial charge < -0.3 is 4.74 Å². The maximum absolute atomic E-state index is 11.5. The number of hydroxylamine groups is 1. The number of hydrogen-bond donors (Lipinski definition) is 1. The van der Waals surface area contributed by atoms with Crippen molar-refractivity contribution in [1.29, 1.82) is 0 Å². The van der Waals surface area contributed by atoms with Crippen molar-refractivity contribution in [2.75, 3.05) is 7.11 Å². The number of hydrogen-bond acceptors (Lipinski definition) is 4. The third-order valence-electron chi connectivity index (χ3n) is 2.28. The first-order chi connectivity index (χ1) is 6.82. The number of methoxy groups -OCH3 is 1. The Bertz CT molecular complexity index is 276. The number of ether oxygens (including phenoxy) is 1. The highest BCUT2D eigenvalue weighted by Gasteiger charge is 2.54. The average molecular weight is 215 g/mol. The molecule has 0 saturated heterocycles. The monoisotopic (exact) mass is 215 g/mol. The van der Waals surface area contributed by atoms with Crippen LogP contribution in [-0.2, 0) is 19.2 Å². The summed E-state index contributed by atoms with van der Waals surface area (Å²) in [6.07, 6.45) is 1.17. The van der Waals surface area contributed by atoms with Crippen molar-refractivity contribution in [2.24, 2.45) is 5.41 Å². The van der Waals surface area contributed by atoms with E-state index in [2.05, 4.69) is 10.2 Å². The third kappa shape index (κ3) is 2.68. The van der Waals surface area contributed by atoms with E-state index in [0.717, 1.165) is 0 Å². The van der Waals surface area contributed by atoms with Crippen molar-refractivity contribution >= 4 is 11.9 Å². The predicted octanol–water partition coefficient (Wildman–Crippen LogP) is 0.786. The fourth-order valence-electron chi connectivity index (χ4n) is 0.945. The molecule has 86 valence electrons. The minimum absolute atomic E-state index is 0.252. The lowest BCUT2D eigenvalue weighted by atomic mass is 9.96. The van der Waals surface area contributed by atoms with Crippen LogP contribution in [0.3, 0.4) is 0 Å². The van der Waals surface area contributed by atoms with E-state index in [9.17, 15) is 9.59 Å². The minimum atomic E-state index is -0.935. The van der Waals surface area contributed by atoms with Crippen molar-refractivity contribution in [1.82, 2.24) is 5.48 Å². The second-order valence-electron chi connectivity index (χ2n) is 4.77. The van der Waals surface area contributed by atoms with Crippen LogP contribution >= 0.6 is 0 Å². The Kier molecular flexibility index (Phi) is 3.04. The summed E-state index contributed by atoms with van der Waals surface area (Å²) in [4.78, 5) is 27.8. The summed E-state index contributed by atoms with van der Waals surface area (Å²) in [6, 6.07) is 0. The van der Waals surface area contributed by atoms with Gasteiger partial charge in [0.25, 0.3) is 0 Å². The van der Waals surface area contributed by atoms with Crippen LogP contribution in [0.25, 0.3) is 0 Å². The van der Waals surface area contributed by atoms with Gasteiger partial charge in [0.05, 0.1) is 7.11 Å². The number of esters is 1. The van der Waals surface area contributed by atoms with Gasteiger partial charge in [0.2, 0.25) is 5.91 Å². The largest absolute Gasteiger partial charge is 0.467 e. The predicted molar refractivity (Wildman–Crippen MR) is 52.7 cm³/mol. The zero-order valence-electron chi connectivity index (χ0n) is 9.55. The van der Waals surface area contributed by atoms with Gasteiger partial charge in [-0.05, 0) is 12.8 Å². The van der Waals surface area contributed by atoms with Crippen molar-refractivity contribution in [2.45, 2.75) is 39.2 Å². The first-order valence-corrected chi connectivity index (χ1v) is 4.89. The summed E-state index contributed by atoms with van der Waals surface area (Å²) in [7, 11) is 1.30. The molecule has 0 atom stereocenters. The molecule has 0 aliphatic heterocycles. The van der Waals surface area contributed by atoms with Crippen LogP contribution in [0, 0.1) is 5.41 Å². The molecule has 1 saturated carbocycles. The van der Waals surface area contributed by atoms with Gasteiger partial charge in [0.15, 0.2) is 5.60 Å². The third-order valence-corrected chi connectivity index (χ3v) is 2.28. The van der Waals surface area contributed by atoms with E-state index in [4.69, 9.17) is 4.84 Å². The lowest BCUT2D eigenvalue weighted by Crippen LogP contribution is -2.41. The van der Waals surface area contributed by atoms with E-state index >= 15 is 0 Å². The Morgan fingerprint density at radius 3 is 2.13 bits per heavy atom. The normalized spacial score (nSPS) is 18.1. The van der Waals surface area contributed by atoms with Crippen LogP contribution in [0.1, 0.15) is 33.6 Å². The molecule has 0 radical (unpaired) electrons. The summed E-state index contributed by atoms with van der Waals surface area (Å²) in [6.45, 7) is 5.30. The van der Waals surface area contributed by atoms with Crippen molar-refractivity contribution in [3.63, 3.8) is 0 Å². The summed E-state index contributed by atoms with van der Waals surface area (Å²) >= 11 is 0. The minimum Gasteiger partial charge on any atom is -0.467 e. The van der Waals surface area contributed by atoms with Crippen LogP contribution in [0.4, 0.5) is 0 Å². The number of carbonyl (C=O) groups is 2. The summed E-state index contributed by atoms with van der Waals surface area (Å²) < 4.78 is 4.58. The SMILES string of the molecule is COC(=O)C1(ONC(=O)C(C)(C)C)CC1. The Labute approximate surface area is 89.1 Å². The van der Waals surface area contributed by atoms with Crippen LogP contribution in [0.5, 0.6) is 0 Å². The van der Waals surface area contributed by atoms with Gasteiger partial charge in [0.1, 0.15) is 0 Å². The molecule has 1 fully saturated rings. The van der Waals surface area contributed by atoms with Gasteiger partial charge in [0, 0.05) is 5.41 Å². The highest BCUT2D eigenvalue weighted by Crippen LogP contribution is 2.39. The molecule has 1 rings (SSSR count). The average Bonchev–Trinajstić information content (AvgIpc) is 2.92. The summed E-state index contributed by atoms with van der Waals surface area (Å²) in [5, 5.41) is 0. The van der Waals surface area contributed by atoms with Gasteiger partial charge in [-0.25, -0.2) is 10.3 Å². The van der Waals surface area contributed by atoms with Crippen LogP contribution in [0.2, 0.25) is 0 Å². The molecule has 0 aromatic heterocycles. The zero-order chi connectivity index (χ0) is 11.7. The molecule has 0 aromatic rings. The Balaban J connectivity index is 2.45. The maximum atomic E-state index is 11.5. The van der Waals surface area contributed by atoms with Crippen LogP contribution in [0.15, 0.2) is 0 Å². The standard InChI is InChI=1S/C10H17NO4/c1-9(2,3)7(12)11-15-10(5-6-10)8(13)14-4/h5-6H2,1-4H3,(H,11,12). The number of amides is 1. The number of carbonyl (C=O) groups excluding carboxylic acids is 2. The van der Waals surface area contributed by atoms with Crippen LogP contribution < -0.4 is 5.48 Å². The van der Waals surface area contributed by atoms with E-state index in [1.807, 2.05) is 0 Å². The fraction of sp³-hybridized carbons (Fsp3) is 0.800. The van der Waals surface area contributed by atoms with Gasteiger partial charge in [-0.1, -0.05) is 20.8 Å². The first-order valence-electron chi connectivity index (χ1n) is 4.89. The lowest BCUT2D eigenvalue weighted by molar-refractivity contribution is -0.170. The van der Waals surface area contributed by atoms with Crippen molar-refractivity contribution in [3.8, 4) is 0 Å². The molecular weight excluding hydrogens is 198 g/mol. The van der Waals surface area contributed by atoms with Gasteiger partial charge in [-0.3, -0.25) is 9.63 Å². The fourth-order valence-corrected chi connectivity index (χ4v) is 0.945. The van der Waals surface area contributed by atoms with E-state index in [-0.39, 0.29) is 5.91 Å². The number of rotatable bonds is 3. The zero-order valence-corrected chi connectivity index (χ0v) is 9.55. The summed E-state index contributed by atoms with van der Waals surface area (Å²) in [5.41, 5.74) is 0.830. The molecule has 5 heteroatoms. The molecule has 1 N–H and O–H groups in total. The highest BCUT2D eigenvalue weighted by molar-refractivity contribution is 5.84. The van der Waals surface area contributed by atoms with E-state index in [1.54, 1.807) is 20.8 Å². The maximum Gasteiger partial charge on any atom is 0.340 e. The molecule has 1 aliphatic rings. The smallest absolute Gasteiger partial charge is 0.340 e. The van der Waals surface area contributed by atoms with Gasteiger partial charge in [-0.15, -0.1) is 0 Å². The molecule has 0 spiro atoms. The van der Waals surface area contributed by atoms with Crippen molar-refractivity contribution < 1.29 is 19.2 Å². The highest BCUT2D eigenvalue weighted by atomic mass is 16.7. The topological polar surface area (TPSA) is 64.6 Å². The van der Waals surface area contributed by atoms with Crippen LogP contribution in [-0.4, -0.2) is 24.6 Å². The Morgan fingerprint density at radius 2 is 1.80 bits per heavy atom. The molecule has 0 bridgehead atoms. The van der Waals surface area contributed by atoms with Gasteiger partial charge >= 0.3 is 5.97 Å². The molecule has 5 nitrogen and oxygen atoms in total. The summed E-state index contributed by atoms with van der Waals surface area (Å²) in [5.74, 6) is -0.686. The molecule has 1 aliphatic carbocycles. The van der Waals surface area contributed by atoms with E-state index < -0.39 is 17.0 Å². The number of nitrogens with one attached hydrogen (secondary N) is 1. The Morgan fingerprint density at radius 1 is 1.27 bits per heavy atom. The van der Waals surface area contributed by atoms with Crippen molar-refractivity contribution in [3.05, 3.63) is 0 Å². The van der Waals surface area contributed by atoms with E-state index in [0.29, 0.717) is 12.8 Å². The molecule has 0 heterocycles.